The van der Waals surface area contributed by atoms with Gasteiger partial charge in [-0.15, -0.1) is 16.1 Å². The van der Waals surface area contributed by atoms with Gasteiger partial charge in [0.25, 0.3) is 0 Å². The highest BCUT2D eigenvalue weighted by molar-refractivity contribution is 7.90. The third-order valence-electron chi connectivity index (χ3n) is 3.39. The maximum absolute atomic E-state index is 12.3. The normalized spacial score (nSPS) is 16.0. The fraction of sp³-hybridized carbons (Fsp3) is 0.750. The number of nitrogens with one attached hydrogen (secondary N) is 1. The summed E-state index contributed by atoms with van der Waals surface area (Å²) in [6.07, 6.45) is -0.454. The van der Waals surface area contributed by atoms with Gasteiger partial charge in [-0.3, -0.25) is 0 Å². The largest absolute Gasteiger partial charge is 0.598 e. The van der Waals surface area contributed by atoms with Crippen LogP contribution in [0.3, 0.4) is 0 Å². The van der Waals surface area contributed by atoms with Crippen molar-refractivity contribution in [1.29, 1.82) is 0 Å². The zero-order chi connectivity index (χ0) is 18.5. The van der Waals surface area contributed by atoms with Crippen molar-refractivity contribution in [1.82, 2.24) is 9.71 Å². The molecule has 8 heteroatoms. The summed E-state index contributed by atoms with van der Waals surface area (Å²) >= 11 is 0.00655. The minimum atomic E-state index is -1.22. The number of aliphatic hydroxyl groups excluding tert-OH is 1. The van der Waals surface area contributed by atoms with Crippen molar-refractivity contribution in [3.05, 3.63) is 16.1 Å². The minimum absolute atomic E-state index is 0.130. The lowest BCUT2D eigenvalue weighted by Crippen LogP contribution is -2.47. The number of carbonyl (C=O) groups is 1. The second-order valence-electron chi connectivity index (χ2n) is 6.89. The molecule has 138 valence electrons. The number of nitrogens with zero attached hydrogens (tertiary/aromatic N) is 1. The second-order valence-corrected chi connectivity index (χ2v) is 9.78. The van der Waals surface area contributed by atoms with E-state index < -0.39 is 23.4 Å². The molecule has 1 rings (SSSR count). The molecule has 2 N–H and O–H groups in total. The molecule has 0 spiro atoms. The van der Waals surface area contributed by atoms with E-state index in [9.17, 15) is 14.5 Å². The zero-order valence-electron chi connectivity index (χ0n) is 15.2. The number of ether oxygens (including phenoxy) is 1. The van der Waals surface area contributed by atoms with Gasteiger partial charge >= 0.3 is 5.97 Å². The van der Waals surface area contributed by atoms with Crippen LogP contribution in [0.5, 0.6) is 0 Å². The predicted octanol–water partition coefficient (Wildman–Crippen LogP) is 2.82. The lowest BCUT2D eigenvalue weighted by atomic mass is 9.99. The first-order valence-corrected chi connectivity index (χ1v) is 10.1. The number of aromatic nitrogens is 1. The van der Waals surface area contributed by atoms with Crippen LogP contribution in [0.4, 0.5) is 0 Å². The van der Waals surface area contributed by atoms with Crippen molar-refractivity contribution < 1.29 is 19.2 Å². The Morgan fingerprint density at radius 1 is 1.50 bits per heavy atom. The summed E-state index contributed by atoms with van der Waals surface area (Å²) in [5.41, 5.74) is 0.211. The van der Waals surface area contributed by atoms with Gasteiger partial charge in [0.2, 0.25) is 0 Å². The average molecular weight is 377 g/mol. The minimum Gasteiger partial charge on any atom is -0.598 e. The van der Waals surface area contributed by atoms with E-state index in [1.54, 1.807) is 12.3 Å². The Morgan fingerprint density at radius 2 is 2.12 bits per heavy atom. The molecule has 24 heavy (non-hydrogen) atoms. The topological polar surface area (TPSA) is 94.5 Å². The first-order chi connectivity index (χ1) is 11.1. The second kappa shape index (κ2) is 9.15. The molecule has 0 bridgehead atoms. The summed E-state index contributed by atoms with van der Waals surface area (Å²) in [4.78, 5) is 15.8. The van der Waals surface area contributed by atoms with Crippen LogP contribution in [0.25, 0.3) is 0 Å². The van der Waals surface area contributed by atoms with E-state index in [-0.39, 0.29) is 29.0 Å². The lowest BCUT2D eigenvalue weighted by Gasteiger charge is -2.30. The van der Waals surface area contributed by atoms with Crippen LogP contribution < -0.4 is 4.72 Å². The predicted molar refractivity (Wildman–Crippen MR) is 97.3 cm³/mol. The monoisotopic (exact) mass is 376 g/mol. The van der Waals surface area contributed by atoms with Crippen molar-refractivity contribution in [2.75, 3.05) is 6.61 Å². The summed E-state index contributed by atoms with van der Waals surface area (Å²) in [5.74, 6) is -0.296. The van der Waals surface area contributed by atoms with Crippen molar-refractivity contribution in [2.45, 2.75) is 64.9 Å². The number of esters is 1. The SMILES string of the molecule is CCOC(=O)c1csc([C@H](O)C[C@@H](N[S+]([O-])C(C)(C)C)C(C)C)n1. The Hall–Kier alpha value is -0.670. The quantitative estimate of drug-likeness (QED) is 0.535. The summed E-state index contributed by atoms with van der Waals surface area (Å²) < 4.78 is 19.9. The highest BCUT2D eigenvalue weighted by Gasteiger charge is 2.32. The third kappa shape index (κ3) is 6.33. The van der Waals surface area contributed by atoms with E-state index in [0.29, 0.717) is 11.4 Å². The van der Waals surface area contributed by atoms with Gasteiger partial charge in [0.05, 0.1) is 12.6 Å². The van der Waals surface area contributed by atoms with Crippen LogP contribution in [0.1, 0.15) is 69.6 Å². The van der Waals surface area contributed by atoms with E-state index in [2.05, 4.69) is 9.71 Å². The molecular weight excluding hydrogens is 348 g/mol. The average Bonchev–Trinajstić information content (AvgIpc) is 2.95. The van der Waals surface area contributed by atoms with Crippen LogP contribution in [-0.2, 0) is 16.1 Å². The van der Waals surface area contributed by atoms with Crippen LogP contribution in [-0.4, -0.2) is 38.0 Å². The smallest absolute Gasteiger partial charge is 0.357 e. The van der Waals surface area contributed by atoms with Gasteiger partial charge in [0.15, 0.2) is 5.69 Å². The van der Waals surface area contributed by atoms with Gasteiger partial charge in [-0.1, -0.05) is 13.8 Å². The molecule has 0 saturated carbocycles. The van der Waals surface area contributed by atoms with E-state index in [0.717, 1.165) is 0 Å². The highest BCUT2D eigenvalue weighted by atomic mass is 32.2. The molecule has 0 aliphatic carbocycles. The van der Waals surface area contributed by atoms with Crippen LogP contribution >= 0.6 is 11.3 Å². The third-order valence-corrected chi connectivity index (χ3v) is 5.96. The Balaban J connectivity index is 2.75. The van der Waals surface area contributed by atoms with E-state index in [1.807, 2.05) is 34.6 Å². The van der Waals surface area contributed by atoms with Gasteiger partial charge in [-0.25, -0.2) is 9.78 Å². The molecule has 0 amide bonds. The first-order valence-electron chi connectivity index (χ1n) is 8.04. The van der Waals surface area contributed by atoms with Crippen LogP contribution in [0.2, 0.25) is 0 Å². The molecule has 6 nitrogen and oxygen atoms in total. The van der Waals surface area contributed by atoms with Crippen molar-refractivity contribution in [3.63, 3.8) is 0 Å². The Morgan fingerprint density at radius 3 is 2.62 bits per heavy atom. The first kappa shape index (κ1) is 21.4. The molecule has 0 aromatic carbocycles. The summed E-state index contributed by atoms with van der Waals surface area (Å²) in [6.45, 7) is 11.7. The molecule has 3 atom stereocenters. The van der Waals surface area contributed by atoms with Gasteiger partial charge in [-0.05, 0) is 40.0 Å². The van der Waals surface area contributed by atoms with Gasteiger partial charge < -0.3 is 14.4 Å². The van der Waals surface area contributed by atoms with Gasteiger partial charge in [-0.2, -0.15) is 0 Å². The highest BCUT2D eigenvalue weighted by Crippen LogP contribution is 2.26. The fourth-order valence-electron chi connectivity index (χ4n) is 1.85. The fourth-order valence-corrected chi connectivity index (χ4v) is 3.63. The standard InChI is InChI=1S/C16H28N2O4S2/c1-7-22-15(20)12-9-23-14(17-12)13(19)8-11(10(2)3)18-24(21)16(4,5)6/h9-11,13,18-19H,7-8H2,1-6H3/t11-,13-,24?/m1/s1. The van der Waals surface area contributed by atoms with Gasteiger partial charge in [0, 0.05) is 16.7 Å². The van der Waals surface area contributed by atoms with Crippen molar-refractivity contribution in [2.24, 2.45) is 5.92 Å². The number of hydrogen-bond donors (Lipinski definition) is 2. The van der Waals surface area contributed by atoms with E-state index in [1.165, 1.54) is 11.3 Å². The number of thiazole rings is 1. The number of hydrogen-bond acceptors (Lipinski definition) is 7. The molecule has 0 saturated heterocycles. The molecule has 1 aromatic heterocycles. The Labute approximate surface area is 151 Å². The van der Waals surface area contributed by atoms with E-state index in [4.69, 9.17) is 4.74 Å². The number of carbonyl (C=O) groups excluding carboxylic acids is 1. The Kier molecular flexibility index (Phi) is 8.14. The lowest BCUT2D eigenvalue weighted by molar-refractivity contribution is 0.0519. The maximum Gasteiger partial charge on any atom is 0.357 e. The molecule has 0 aliphatic rings. The Bertz CT molecular complexity index is 528. The van der Waals surface area contributed by atoms with Crippen molar-refractivity contribution >= 4 is 28.7 Å². The summed E-state index contributed by atoms with van der Waals surface area (Å²) in [5, 5.41) is 12.5. The molecule has 0 radical (unpaired) electrons. The molecule has 1 unspecified atom stereocenters. The summed E-state index contributed by atoms with van der Waals surface area (Å²) in [6, 6.07) is -0.130. The molecular formula is C16H28N2O4S2. The van der Waals surface area contributed by atoms with Crippen LogP contribution in [0.15, 0.2) is 5.38 Å². The van der Waals surface area contributed by atoms with E-state index >= 15 is 0 Å². The number of aliphatic hydroxyl groups is 1. The summed E-state index contributed by atoms with van der Waals surface area (Å²) in [7, 11) is 0. The van der Waals surface area contributed by atoms with Gasteiger partial charge in [0.1, 0.15) is 15.9 Å². The molecule has 0 aliphatic heterocycles. The molecule has 1 heterocycles. The molecule has 0 fully saturated rings. The van der Waals surface area contributed by atoms with Crippen LogP contribution in [0, 0.1) is 5.92 Å². The zero-order valence-corrected chi connectivity index (χ0v) is 16.8. The molecule has 1 aromatic rings. The maximum atomic E-state index is 12.3. The number of rotatable bonds is 8. The van der Waals surface area contributed by atoms with Crippen molar-refractivity contribution in [3.8, 4) is 0 Å².